The van der Waals surface area contributed by atoms with Crippen LogP contribution >= 0.6 is 15.9 Å². The minimum absolute atomic E-state index is 0.195. The summed E-state index contributed by atoms with van der Waals surface area (Å²) in [7, 11) is 1.20. The number of hydrogen-bond donors (Lipinski definition) is 1. The summed E-state index contributed by atoms with van der Waals surface area (Å²) in [6.45, 7) is 0. The highest BCUT2D eigenvalue weighted by Crippen LogP contribution is 2.35. The van der Waals surface area contributed by atoms with Crippen molar-refractivity contribution in [1.29, 1.82) is 0 Å². The molecule has 0 aromatic carbocycles. The monoisotopic (exact) mass is 314 g/mol. The molecule has 0 saturated heterocycles. The number of pyridine rings is 1. The van der Waals surface area contributed by atoms with E-state index in [4.69, 9.17) is 10.5 Å². The van der Waals surface area contributed by atoms with Gasteiger partial charge in [0.1, 0.15) is 5.56 Å². The van der Waals surface area contributed by atoms with Gasteiger partial charge in [-0.25, -0.2) is 4.98 Å². The lowest BCUT2D eigenvalue weighted by molar-refractivity contribution is -0.275. The van der Waals surface area contributed by atoms with Crippen LogP contribution in [0.1, 0.15) is 10.4 Å². The minimum Gasteiger partial charge on any atom is -0.480 e. The highest BCUT2D eigenvalue weighted by atomic mass is 79.9. The largest absolute Gasteiger partial charge is 0.573 e. The van der Waals surface area contributed by atoms with Crippen LogP contribution in [0.3, 0.4) is 0 Å². The first-order valence-corrected chi connectivity index (χ1v) is 4.83. The third-order valence-electron chi connectivity index (χ3n) is 1.61. The first kappa shape index (κ1) is 13.6. The number of primary amides is 1. The summed E-state index contributed by atoms with van der Waals surface area (Å²) < 4.78 is 44.1. The number of hydrogen-bond acceptors (Lipinski definition) is 4. The fourth-order valence-corrected chi connectivity index (χ4v) is 1.57. The quantitative estimate of drug-likeness (QED) is 0.924. The van der Waals surface area contributed by atoms with E-state index in [1.165, 1.54) is 7.11 Å². The van der Waals surface area contributed by atoms with Crippen molar-refractivity contribution in [3.05, 3.63) is 16.2 Å². The van der Waals surface area contributed by atoms with Crippen molar-refractivity contribution >= 4 is 21.8 Å². The molecular weight excluding hydrogens is 309 g/mol. The lowest BCUT2D eigenvalue weighted by Gasteiger charge is -2.13. The average Bonchev–Trinajstić information content (AvgIpc) is 2.18. The van der Waals surface area contributed by atoms with Crippen molar-refractivity contribution in [3.63, 3.8) is 0 Å². The van der Waals surface area contributed by atoms with Crippen LogP contribution in [-0.2, 0) is 0 Å². The second-order valence-electron chi connectivity index (χ2n) is 2.73. The van der Waals surface area contributed by atoms with Gasteiger partial charge in [-0.3, -0.25) is 4.79 Å². The molecule has 0 spiro atoms. The van der Waals surface area contributed by atoms with Crippen LogP contribution in [0.4, 0.5) is 13.2 Å². The van der Waals surface area contributed by atoms with E-state index < -0.39 is 18.0 Å². The molecule has 1 rings (SSSR count). The Morgan fingerprint density at radius 2 is 2.12 bits per heavy atom. The van der Waals surface area contributed by atoms with Gasteiger partial charge in [-0.2, -0.15) is 0 Å². The molecule has 2 N–H and O–H groups in total. The van der Waals surface area contributed by atoms with Gasteiger partial charge < -0.3 is 15.2 Å². The average molecular weight is 315 g/mol. The number of carbonyl (C=O) groups excluding carboxylic acids is 1. The highest BCUT2D eigenvalue weighted by Gasteiger charge is 2.33. The number of rotatable bonds is 3. The van der Waals surface area contributed by atoms with E-state index in [2.05, 4.69) is 25.7 Å². The second-order valence-corrected chi connectivity index (χ2v) is 3.53. The Bertz CT molecular complexity index is 450. The molecule has 0 aliphatic rings. The Balaban J connectivity index is 3.28. The van der Waals surface area contributed by atoms with Gasteiger partial charge in [-0.15, -0.1) is 13.2 Å². The number of aromatic nitrogens is 1. The lowest BCUT2D eigenvalue weighted by Crippen LogP contribution is -2.20. The molecule has 1 amide bonds. The molecule has 5 nitrogen and oxygen atoms in total. The normalized spacial score (nSPS) is 11.1. The maximum atomic E-state index is 12.0. The zero-order chi connectivity index (χ0) is 13.2. The lowest BCUT2D eigenvalue weighted by atomic mass is 10.2. The fraction of sp³-hybridized carbons (Fsp3) is 0.250. The molecule has 94 valence electrons. The van der Waals surface area contributed by atoms with E-state index in [0.29, 0.717) is 0 Å². The molecule has 0 unspecified atom stereocenters. The molecule has 0 radical (unpaired) electrons. The molecule has 9 heteroatoms. The summed E-state index contributed by atoms with van der Waals surface area (Å²) in [4.78, 5) is 14.5. The number of nitrogens with zero attached hydrogens (tertiary/aromatic N) is 1. The van der Waals surface area contributed by atoms with Crippen LogP contribution in [0.2, 0.25) is 0 Å². The number of carbonyl (C=O) groups is 1. The summed E-state index contributed by atoms with van der Waals surface area (Å²) in [6.07, 6.45) is -4.13. The van der Waals surface area contributed by atoms with Crippen LogP contribution in [0, 0.1) is 0 Å². The molecule has 0 aliphatic carbocycles. The number of ether oxygens (including phenoxy) is 2. The molecule has 0 fully saturated rings. The summed E-state index contributed by atoms with van der Waals surface area (Å²) >= 11 is 2.78. The SMILES string of the molecule is COc1ncc(OC(F)(F)F)c(Br)c1C(N)=O. The van der Waals surface area contributed by atoms with Crippen molar-refractivity contribution in [3.8, 4) is 11.6 Å². The summed E-state index contributed by atoms with van der Waals surface area (Å²) in [6, 6.07) is 0. The maximum absolute atomic E-state index is 12.0. The topological polar surface area (TPSA) is 74.4 Å². The molecule has 0 saturated carbocycles. The number of amides is 1. The zero-order valence-corrected chi connectivity index (χ0v) is 9.92. The molecule has 1 heterocycles. The van der Waals surface area contributed by atoms with Gasteiger partial charge in [0.2, 0.25) is 5.88 Å². The second kappa shape index (κ2) is 4.78. The van der Waals surface area contributed by atoms with Crippen LogP contribution in [0.5, 0.6) is 11.6 Å². The van der Waals surface area contributed by atoms with E-state index in [1.54, 1.807) is 0 Å². The van der Waals surface area contributed by atoms with Crippen molar-refractivity contribution < 1.29 is 27.4 Å². The van der Waals surface area contributed by atoms with Crippen LogP contribution in [0.25, 0.3) is 0 Å². The van der Waals surface area contributed by atoms with Crippen LogP contribution in [0.15, 0.2) is 10.7 Å². The third kappa shape index (κ3) is 3.22. The first-order valence-electron chi connectivity index (χ1n) is 4.04. The van der Waals surface area contributed by atoms with E-state index >= 15 is 0 Å². The zero-order valence-electron chi connectivity index (χ0n) is 8.34. The van der Waals surface area contributed by atoms with Gasteiger partial charge in [0.25, 0.3) is 5.91 Å². The van der Waals surface area contributed by atoms with Crippen molar-refractivity contribution in [1.82, 2.24) is 4.98 Å². The predicted octanol–water partition coefficient (Wildman–Crippen LogP) is 1.85. The van der Waals surface area contributed by atoms with Crippen molar-refractivity contribution in [2.24, 2.45) is 5.73 Å². The van der Waals surface area contributed by atoms with E-state index in [0.717, 1.165) is 6.20 Å². The van der Waals surface area contributed by atoms with E-state index in [1.807, 2.05) is 0 Å². The Labute approximate surface area is 102 Å². The number of alkyl halides is 3. The standard InChI is InChI=1S/C8H6BrF3N2O3/c1-16-7-4(6(13)15)5(9)3(2-14-7)17-8(10,11)12/h2H,1H3,(H2,13,15). The van der Waals surface area contributed by atoms with Crippen LogP contribution < -0.4 is 15.2 Å². The predicted molar refractivity (Wildman–Crippen MR) is 53.7 cm³/mol. The fourth-order valence-electron chi connectivity index (χ4n) is 1.02. The Morgan fingerprint density at radius 3 is 2.53 bits per heavy atom. The van der Waals surface area contributed by atoms with Crippen LogP contribution in [-0.4, -0.2) is 24.4 Å². The van der Waals surface area contributed by atoms with Gasteiger partial charge in [-0.05, 0) is 15.9 Å². The van der Waals surface area contributed by atoms with E-state index in [9.17, 15) is 18.0 Å². The van der Waals surface area contributed by atoms with Gasteiger partial charge in [0.15, 0.2) is 5.75 Å². The minimum atomic E-state index is -4.90. The molecular formula is C8H6BrF3N2O3. The Hall–Kier alpha value is -1.51. The summed E-state index contributed by atoms with van der Waals surface area (Å²) in [5.74, 6) is -1.86. The summed E-state index contributed by atoms with van der Waals surface area (Å²) in [5.41, 5.74) is 4.67. The molecule has 0 bridgehead atoms. The smallest absolute Gasteiger partial charge is 0.480 e. The van der Waals surface area contributed by atoms with Crippen molar-refractivity contribution in [2.45, 2.75) is 6.36 Å². The number of methoxy groups -OCH3 is 1. The first-order chi connectivity index (χ1) is 7.76. The summed E-state index contributed by atoms with van der Waals surface area (Å²) in [5, 5.41) is 0. The number of halogens is 4. The molecule has 1 aromatic heterocycles. The molecule has 0 atom stereocenters. The van der Waals surface area contributed by atoms with E-state index in [-0.39, 0.29) is 15.9 Å². The molecule has 0 aliphatic heterocycles. The van der Waals surface area contributed by atoms with Gasteiger partial charge in [-0.1, -0.05) is 0 Å². The number of nitrogens with two attached hydrogens (primary N) is 1. The Kier molecular flexibility index (Phi) is 3.81. The van der Waals surface area contributed by atoms with Gasteiger partial charge >= 0.3 is 6.36 Å². The maximum Gasteiger partial charge on any atom is 0.573 e. The van der Waals surface area contributed by atoms with Gasteiger partial charge in [0, 0.05) is 0 Å². The molecule has 1 aromatic rings. The van der Waals surface area contributed by atoms with Crippen molar-refractivity contribution in [2.75, 3.05) is 7.11 Å². The third-order valence-corrected chi connectivity index (χ3v) is 2.40. The Morgan fingerprint density at radius 1 is 1.53 bits per heavy atom. The highest BCUT2D eigenvalue weighted by molar-refractivity contribution is 9.10. The molecule has 17 heavy (non-hydrogen) atoms. The van der Waals surface area contributed by atoms with Gasteiger partial charge in [0.05, 0.1) is 17.8 Å².